The van der Waals surface area contributed by atoms with Crippen LogP contribution in [0.25, 0.3) is 0 Å². The number of nitrogens with zero attached hydrogens (tertiary/aromatic N) is 1. The zero-order valence-electron chi connectivity index (χ0n) is 15.9. The topological polar surface area (TPSA) is 77.3 Å². The zero-order valence-corrected chi connectivity index (χ0v) is 15.9. The number of anilines is 1. The number of Topliss-reactive ketones (excluding diaryl/α,β-unsaturated/α-hetero) is 1. The van der Waals surface area contributed by atoms with Crippen molar-refractivity contribution in [2.45, 2.75) is 19.4 Å². The van der Waals surface area contributed by atoms with Crippen LogP contribution < -0.4 is 10.6 Å². The normalized spacial score (nSPS) is 14.3. The van der Waals surface area contributed by atoms with Crippen LogP contribution in [0.3, 0.4) is 0 Å². The maximum absolute atomic E-state index is 13.3. The summed E-state index contributed by atoms with van der Waals surface area (Å²) in [6.45, 7) is 3.91. The lowest BCUT2D eigenvalue weighted by atomic mass is 9.79. The van der Waals surface area contributed by atoms with Gasteiger partial charge in [0.1, 0.15) is 5.84 Å². The molecule has 5 nitrogen and oxygen atoms in total. The summed E-state index contributed by atoms with van der Waals surface area (Å²) in [6.07, 6.45) is 3.89. The molecule has 3 rings (SSSR count). The molecule has 28 heavy (non-hydrogen) atoms. The highest BCUT2D eigenvalue weighted by Crippen LogP contribution is 2.32. The van der Waals surface area contributed by atoms with Gasteiger partial charge < -0.3 is 10.6 Å². The average molecular weight is 370 g/mol. The van der Waals surface area contributed by atoms with Gasteiger partial charge in [-0.25, -0.2) is 0 Å². The molecule has 0 radical (unpaired) electrons. The number of carbonyl (C=O) groups is 1. The van der Waals surface area contributed by atoms with Crippen LogP contribution in [0.15, 0.2) is 71.7 Å². The van der Waals surface area contributed by atoms with Crippen molar-refractivity contribution in [3.05, 3.63) is 77.9 Å². The molecule has 0 saturated carbocycles. The highest BCUT2D eigenvalue weighted by atomic mass is 16.1. The van der Waals surface area contributed by atoms with Crippen LogP contribution in [0, 0.1) is 17.3 Å². The average Bonchev–Trinajstić information content (AvgIpc) is 3.20. The van der Waals surface area contributed by atoms with E-state index in [0.717, 1.165) is 17.1 Å². The molecule has 0 fully saturated rings. The number of rotatable bonds is 5. The molecule has 0 aromatic heterocycles. The third kappa shape index (κ3) is 3.86. The number of amidine groups is 2. The molecule has 0 amide bonds. The van der Waals surface area contributed by atoms with Gasteiger partial charge in [0.2, 0.25) is 5.78 Å². The molecule has 1 unspecified atom stereocenters. The second-order valence-electron chi connectivity index (χ2n) is 6.40. The molecule has 140 valence electrons. The lowest BCUT2D eigenvalue weighted by molar-refractivity contribution is -0.118. The van der Waals surface area contributed by atoms with Crippen LogP contribution in [0.2, 0.25) is 0 Å². The van der Waals surface area contributed by atoms with Crippen LogP contribution in [0.1, 0.15) is 25.0 Å². The minimum Gasteiger partial charge on any atom is -0.354 e. The van der Waals surface area contributed by atoms with Crippen molar-refractivity contribution in [3.63, 3.8) is 0 Å². The molecular formula is C23H22N4O. The van der Waals surface area contributed by atoms with Gasteiger partial charge in [0.05, 0.1) is 12.4 Å². The fraction of sp³-hybridized carbons (Fsp3) is 0.174. The maximum atomic E-state index is 13.3. The fourth-order valence-corrected chi connectivity index (χ4v) is 3.23. The summed E-state index contributed by atoms with van der Waals surface area (Å²) in [6, 6.07) is 16.9. The molecule has 5 heteroatoms. The minimum absolute atomic E-state index is 0.177. The summed E-state index contributed by atoms with van der Waals surface area (Å²) < 4.78 is 0. The summed E-state index contributed by atoms with van der Waals surface area (Å²) in [5.74, 6) is 6.02. The molecule has 1 atom stereocenters. The number of hydrogen-bond acceptors (Lipinski definition) is 4. The largest absolute Gasteiger partial charge is 0.354 e. The van der Waals surface area contributed by atoms with Crippen molar-refractivity contribution in [1.29, 1.82) is 5.41 Å². The van der Waals surface area contributed by atoms with E-state index in [-0.39, 0.29) is 11.6 Å². The zero-order chi connectivity index (χ0) is 20.0. The van der Waals surface area contributed by atoms with Gasteiger partial charge in [0.15, 0.2) is 5.54 Å². The maximum Gasteiger partial charge on any atom is 0.240 e. The number of hydrogen-bond donors (Lipinski definition) is 3. The molecule has 2 aromatic carbocycles. The van der Waals surface area contributed by atoms with E-state index in [4.69, 9.17) is 5.41 Å². The van der Waals surface area contributed by atoms with Crippen molar-refractivity contribution >= 4 is 23.1 Å². The Bertz CT molecular complexity index is 1010. The Balaban J connectivity index is 2.17. The fourth-order valence-electron chi connectivity index (χ4n) is 3.23. The van der Waals surface area contributed by atoms with Gasteiger partial charge in [0, 0.05) is 5.69 Å². The van der Waals surface area contributed by atoms with Gasteiger partial charge in [0.25, 0.3) is 0 Å². The minimum atomic E-state index is -1.28. The number of nitrogens with one attached hydrogen (secondary N) is 3. The number of ketones is 1. The highest BCUT2D eigenvalue weighted by Gasteiger charge is 2.41. The van der Waals surface area contributed by atoms with Gasteiger partial charge in [-0.05, 0) is 49.1 Å². The van der Waals surface area contributed by atoms with Gasteiger partial charge in [-0.2, -0.15) is 0 Å². The highest BCUT2D eigenvalue weighted by molar-refractivity contribution is 6.08. The van der Waals surface area contributed by atoms with Crippen molar-refractivity contribution in [2.75, 3.05) is 11.9 Å². The predicted octanol–water partition coefficient (Wildman–Crippen LogP) is 3.49. The second-order valence-corrected chi connectivity index (χ2v) is 6.40. The van der Waals surface area contributed by atoms with Gasteiger partial charge in [-0.1, -0.05) is 54.5 Å². The lowest BCUT2D eigenvalue weighted by Gasteiger charge is -2.33. The predicted molar refractivity (Wildman–Crippen MR) is 114 cm³/mol. The van der Waals surface area contributed by atoms with E-state index in [1.54, 1.807) is 13.8 Å². The summed E-state index contributed by atoms with van der Waals surface area (Å²) in [5, 5.41) is 14.4. The second kappa shape index (κ2) is 8.36. The van der Waals surface area contributed by atoms with Gasteiger partial charge in [-0.15, -0.1) is 0 Å². The smallest absolute Gasteiger partial charge is 0.240 e. The Morgan fingerprint density at radius 1 is 1.14 bits per heavy atom. The Kier molecular flexibility index (Phi) is 5.71. The summed E-state index contributed by atoms with van der Waals surface area (Å²) in [7, 11) is 0. The third-order valence-electron chi connectivity index (χ3n) is 4.37. The van der Waals surface area contributed by atoms with E-state index in [0.29, 0.717) is 12.1 Å². The van der Waals surface area contributed by atoms with Gasteiger partial charge >= 0.3 is 0 Å². The quantitative estimate of drug-likeness (QED) is 0.326. The van der Waals surface area contributed by atoms with Crippen molar-refractivity contribution in [3.8, 4) is 11.8 Å². The van der Waals surface area contributed by atoms with Crippen LogP contribution >= 0.6 is 0 Å². The van der Waals surface area contributed by atoms with Gasteiger partial charge in [-0.3, -0.25) is 15.2 Å². The molecule has 0 spiro atoms. The van der Waals surface area contributed by atoms with E-state index < -0.39 is 5.54 Å². The first-order valence-electron chi connectivity index (χ1n) is 9.01. The summed E-state index contributed by atoms with van der Waals surface area (Å²) in [4.78, 5) is 17.6. The Labute approximate surface area is 165 Å². The number of carbonyl (C=O) groups excluding carboxylic acids is 1. The van der Waals surface area contributed by atoms with E-state index in [2.05, 4.69) is 27.5 Å². The van der Waals surface area contributed by atoms with E-state index >= 15 is 0 Å². The number of aliphatic imine (C=N–C) groups is 1. The first-order valence-corrected chi connectivity index (χ1v) is 9.01. The summed E-state index contributed by atoms with van der Waals surface area (Å²) >= 11 is 0. The van der Waals surface area contributed by atoms with E-state index in [9.17, 15) is 4.79 Å². The molecule has 1 heterocycles. The van der Waals surface area contributed by atoms with Crippen molar-refractivity contribution in [2.24, 2.45) is 4.99 Å². The van der Waals surface area contributed by atoms with Crippen molar-refractivity contribution in [1.82, 2.24) is 5.32 Å². The molecule has 0 bridgehead atoms. The third-order valence-corrected chi connectivity index (χ3v) is 4.37. The molecule has 2 aromatic rings. The molecule has 3 N–H and O–H groups in total. The SMILES string of the molecule is CC#CC(=O)C(NC(C)=N)(c1ccccc1)c1cccc(NC2=NCC=C2)c1. The Morgan fingerprint density at radius 3 is 2.54 bits per heavy atom. The molecule has 0 saturated heterocycles. The van der Waals surface area contributed by atoms with E-state index in [1.165, 1.54) is 0 Å². The molecule has 1 aliphatic rings. The van der Waals surface area contributed by atoms with Crippen LogP contribution in [0.4, 0.5) is 5.69 Å². The molecule has 1 aliphatic heterocycles. The standard InChI is InChI=1S/C23H22N4O/c1-3-9-21(28)23(27-17(2)24,18-10-5-4-6-11-18)19-12-7-13-20(16-19)26-22-14-8-15-25-22/h4-8,10-14,16H,15H2,1-2H3,(H2,24,27)(H,25,26). The monoisotopic (exact) mass is 370 g/mol. The molecular weight excluding hydrogens is 348 g/mol. The Morgan fingerprint density at radius 2 is 1.89 bits per heavy atom. The Hall–Kier alpha value is -3.65. The summed E-state index contributed by atoms with van der Waals surface area (Å²) in [5.41, 5.74) is 0.959. The first-order chi connectivity index (χ1) is 13.6. The van der Waals surface area contributed by atoms with Crippen LogP contribution in [-0.4, -0.2) is 24.0 Å². The van der Waals surface area contributed by atoms with Crippen LogP contribution in [0.5, 0.6) is 0 Å². The number of benzene rings is 2. The van der Waals surface area contributed by atoms with Crippen LogP contribution in [-0.2, 0) is 10.3 Å². The van der Waals surface area contributed by atoms with Crippen molar-refractivity contribution < 1.29 is 4.79 Å². The molecule has 0 aliphatic carbocycles. The first kappa shape index (κ1) is 19.1. The lowest BCUT2D eigenvalue weighted by Crippen LogP contribution is -2.51. The van der Waals surface area contributed by atoms with E-state index in [1.807, 2.05) is 66.7 Å².